The molecule has 35 heavy (non-hydrogen) atoms. The molecule has 2 N–H and O–H groups in total. The third-order valence-corrected chi connectivity index (χ3v) is 12.9. The van der Waals surface area contributed by atoms with Crippen molar-refractivity contribution in [2.24, 2.45) is 11.8 Å². The SMILES string of the molecule is C=C1[C@H](O)C[C@@H]2O[C@H](C)OC[C@@H]12.C=C1[C@H](O)C[C@H](OC2CCCCO2)[C@H]1CO[Si](C)(C)C(C)(C)C. The van der Waals surface area contributed by atoms with Gasteiger partial charge in [-0.2, -0.15) is 0 Å². The van der Waals surface area contributed by atoms with Gasteiger partial charge in [0.1, 0.15) is 0 Å². The fourth-order valence-electron chi connectivity index (χ4n) is 4.83. The van der Waals surface area contributed by atoms with E-state index in [1.165, 1.54) is 0 Å². The number of hydrogen-bond acceptors (Lipinski definition) is 7. The Hall–Kier alpha value is -0.583. The van der Waals surface area contributed by atoms with Crippen molar-refractivity contribution in [3.8, 4) is 0 Å². The lowest BCUT2D eigenvalue weighted by atomic mass is 10.0. The van der Waals surface area contributed by atoms with Gasteiger partial charge in [-0.3, -0.25) is 0 Å². The van der Waals surface area contributed by atoms with Gasteiger partial charge in [0.2, 0.25) is 0 Å². The summed E-state index contributed by atoms with van der Waals surface area (Å²) in [4.78, 5) is 0. The summed E-state index contributed by atoms with van der Waals surface area (Å²) >= 11 is 0. The summed E-state index contributed by atoms with van der Waals surface area (Å²) in [7, 11) is -1.82. The van der Waals surface area contributed by atoms with E-state index in [2.05, 4.69) is 47.0 Å². The number of aliphatic hydroxyl groups excluding tert-OH is 2. The van der Waals surface area contributed by atoms with Crippen molar-refractivity contribution in [2.75, 3.05) is 19.8 Å². The minimum atomic E-state index is -1.82. The molecule has 0 amide bonds. The molecule has 0 spiro atoms. The molecule has 2 aliphatic carbocycles. The van der Waals surface area contributed by atoms with Gasteiger partial charge in [-0.05, 0) is 55.5 Å². The first kappa shape index (κ1) is 29.0. The first-order valence-electron chi connectivity index (χ1n) is 13.2. The highest BCUT2D eigenvalue weighted by molar-refractivity contribution is 6.74. The van der Waals surface area contributed by atoms with E-state index in [1.807, 2.05) is 6.92 Å². The number of fused-ring (bicyclic) bond motifs is 1. The second-order valence-corrected chi connectivity index (χ2v) is 16.8. The van der Waals surface area contributed by atoms with Crippen molar-refractivity contribution in [3.05, 3.63) is 24.3 Å². The van der Waals surface area contributed by atoms with Gasteiger partial charge < -0.3 is 33.6 Å². The zero-order valence-electron chi connectivity index (χ0n) is 22.6. The standard InChI is InChI=1S/C18H34O4Si.C9H14O3/c1-13-14(12-21-23(5,6)18(2,3)4)16(11-15(13)19)22-17-9-7-8-10-20-17;1-5-7-4-11-6(2)12-9(7)3-8(5)10/h14-17,19H,1,7-12H2,2-6H3;6-10H,1,3-4H2,2H3/t14-,15+,16-,17?;6-,7+,8-,9+/m01/s1. The molecule has 7 nitrogen and oxygen atoms in total. The average Bonchev–Trinajstić information content (AvgIpc) is 3.21. The van der Waals surface area contributed by atoms with E-state index in [-0.39, 0.29) is 41.7 Å². The molecule has 4 fully saturated rings. The van der Waals surface area contributed by atoms with Crippen LogP contribution in [0.25, 0.3) is 0 Å². The molecule has 0 aromatic heterocycles. The maximum Gasteiger partial charge on any atom is 0.192 e. The van der Waals surface area contributed by atoms with E-state index in [0.29, 0.717) is 26.1 Å². The van der Waals surface area contributed by atoms with E-state index in [4.69, 9.17) is 23.4 Å². The Bertz CT molecular complexity index is 728. The molecular formula is C27H48O7Si. The lowest BCUT2D eigenvalue weighted by molar-refractivity contribution is -0.215. The quantitative estimate of drug-likeness (QED) is 0.413. The molecular weight excluding hydrogens is 464 g/mol. The van der Waals surface area contributed by atoms with Crippen molar-refractivity contribution in [3.63, 3.8) is 0 Å². The molecule has 8 atom stereocenters. The van der Waals surface area contributed by atoms with E-state index in [1.54, 1.807) is 0 Å². The number of ether oxygens (including phenoxy) is 4. The molecule has 0 aromatic carbocycles. The first-order chi connectivity index (χ1) is 16.3. The van der Waals surface area contributed by atoms with Gasteiger partial charge in [0.05, 0.1) is 31.0 Å². The van der Waals surface area contributed by atoms with Crippen LogP contribution >= 0.6 is 0 Å². The van der Waals surface area contributed by atoms with Crippen LogP contribution in [0.15, 0.2) is 24.3 Å². The molecule has 202 valence electrons. The molecule has 8 heteroatoms. The predicted molar refractivity (Wildman–Crippen MR) is 138 cm³/mol. The molecule has 2 aliphatic heterocycles. The highest BCUT2D eigenvalue weighted by atomic mass is 28.4. The highest BCUT2D eigenvalue weighted by Gasteiger charge is 2.43. The van der Waals surface area contributed by atoms with Crippen LogP contribution in [0.2, 0.25) is 18.1 Å². The smallest absolute Gasteiger partial charge is 0.192 e. The van der Waals surface area contributed by atoms with Gasteiger partial charge in [0.15, 0.2) is 20.9 Å². The van der Waals surface area contributed by atoms with Gasteiger partial charge in [0.25, 0.3) is 0 Å². The topological polar surface area (TPSA) is 86.6 Å². The van der Waals surface area contributed by atoms with Crippen molar-refractivity contribution < 1.29 is 33.6 Å². The summed E-state index contributed by atoms with van der Waals surface area (Å²) in [5.74, 6) is 0.265. The minimum absolute atomic E-state index is 0.0506. The van der Waals surface area contributed by atoms with Crippen LogP contribution in [-0.2, 0) is 23.4 Å². The van der Waals surface area contributed by atoms with Crippen molar-refractivity contribution in [1.29, 1.82) is 0 Å². The summed E-state index contributed by atoms with van der Waals surface area (Å²) in [6.07, 6.45) is 3.39. The van der Waals surface area contributed by atoms with E-state index < -0.39 is 20.5 Å². The van der Waals surface area contributed by atoms with Crippen molar-refractivity contribution in [2.45, 2.75) is 115 Å². The fourth-order valence-corrected chi connectivity index (χ4v) is 5.85. The van der Waals surface area contributed by atoms with Crippen LogP contribution in [-0.4, -0.2) is 75.3 Å². The van der Waals surface area contributed by atoms with Crippen LogP contribution in [0.4, 0.5) is 0 Å². The predicted octanol–water partition coefficient (Wildman–Crippen LogP) is 4.54. The van der Waals surface area contributed by atoms with Gasteiger partial charge in [0, 0.05) is 37.9 Å². The highest BCUT2D eigenvalue weighted by Crippen LogP contribution is 2.40. The molecule has 0 aromatic rings. The number of hydrogen-bond donors (Lipinski definition) is 2. The Labute approximate surface area is 212 Å². The van der Waals surface area contributed by atoms with Crippen molar-refractivity contribution in [1.82, 2.24) is 0 Å². The maximum atomic E-state index is 10.2. The van der Waals surface area contributed by atoms with Gasteiger partial charge in [-0.25, -0.2) is 0 Å². The van der Waals surface area contributed by atoms with E-state index in [9.17, 15) is 10.2 Å². The molecule has 1 unspecified atom stereocenters. The summed E-state index contributed by atoms with van der Waals surface area (Å²) in [5, 5.41) is 19.8. The first-order valence-corrected chi connectivity index (χ1v) is 16.1. The van der Waals surface area contributed by atoms with E-state index in [0.717, 1.165) is 37.0 Å². The monoisotopic (exact) mass is 512 g/mol. The molecule has 4 aliphatic rings. The Kier molecular flexibility index (Phi) is 9.82. The second-order valence-electron chi connectivity index (χ2n) is 12.0. The number of aliphatic hydroxyl groups is 2. The van der Waals surface area contributed by atoms with Crippen LogP contribution < -0.4 is 0 Å². The lowest BCUT2D eigenvalue weighted by Crippen LogP contribution is -2.43. The summed E-state index contributed by atoms with van der Waals surface area (Å²) in [5.41, 5.74) is 1.72. The molecule has 2 saturated heterocycles. The second kappa shape index (κ2) is 11.9. The van der Waals surface area contributed by atoms with E-state index >= 15 is 0 Å². The van der Waals surface area contributed by atoms with Crippen LogP contribution in [0.3, 0.4) is 0 Å². The normalized spacial score (nSPS) is 38.2. The lowest BCUT2D eigenvalue weighted by Gasteiger charge is -2.38. The van der Waals surface area contributed by atoms with Gasteiger partial charge in [-0.1, -0.05) is 33.9 Å². The Balaban J connectivity index is 0.000000237. The third-order valence-electron chi connectivity index (χ3n) is 8.39. The van der Waals surface area contributed by atoms with Crippen LogP contribution in [0.1, 0.15) is 59.8 Å². The summed E-state index contributed by atoms with van der Waals surface area (Å²) < 4.78 is 29.0. The minimum Gasteiger partial charge on any atom is -0.416 e. The number of rotatable bonds is 5. The largest absolute Gasteiger partial charge is 0.416 e. The molecule has 0 bridgehead atoms. The zero-order valence-corrected chi connectivity index (χ0v) is 23.6. The van der Waals surface area contributed by atoms with Gasteiger partial charge in [-0.15, -0.1) is 0 Å². The summed E-state index contributed by atoms with van der Waals surface area (Å²) in [6.45, 7) is 23.0. The molecule has 4 rings (SSSR count). The average molecular weight is 513 g/mol. The Morgan fingerprint density at radius 2 is 1.71 bits per heavy atom. The third kappa shape index (κ3) is 7.26. The Morgan fingerprint density at radius 3 is 2.34 bits per heavy atom. The molecule has 2 saturated carbocycles. The summed E-state index contributed by atoms with van der Waals surface area (Å²) in [6, 6.07) is 0. The van der Waals surface area contributed by atoms with Crippen LogP contribution in [0.5, 0.6) is 0 Å². The maximum absolute atomic E-state index is 10.2. The van der Waals surface area contributed by atoms with Crippen LogP contribution in [0, 0.1) is 11.8 Å². The molecule has 0 radical (unpaired) electrons. The van der Waals surface area contributed by atoms with Gasteiger partial charge >= 0.3 is 0 Å². The fraction of sp³-hybridized carbons (Fsp3) is 0.852. The zero-order chi connectivity index (χ0) is 26.0. The molecule has 2 heterocycles. The Morgan fingerprint density at radius 1 is 1.03 bits per heavy atom. The van der Waals surface area contributed by atoms with Crippen molar-refractivity contribution >= 4 is 8.32 Å².